The second-order valence-electron chi connectivity index (χ2n) is 7.81. The van der Waals surface area contributed by atoms with Crippen molar-refractivity contribution in [3.63, 3.8) is 0 Å². The molecule has 1 saturated heterocycles. The molecule has 0 spiro atoms. The molecule has 8 heteroatoms. The van der Waals surface area contributed by atoms with Crippen LogP contribution in [-0.2, 0) is 22.6 Å². The first-order chi connectivity index (χ1) is 15.2. The number of carbonyl (C=O) groups is 1. The zero-order valence-corrected chi connectivity index (χ0v) is 18.1. The van der Waals surface area contributed by atoms with Crippen LogP contribution in [0, 0.1) is 0 Å². The van der Waals surface area contributed by atoms with Crippen LogP contribution >= 0.6 is 0 Å². The molecule has 1 unspecified atom stereocenters. The second kappa shape index (κ2) is 9.89. The number of rotatable bonds is 8. The van der Waals surface area contributed by atoms with Gasteiger partial charge in [0, 0.05) is 45.2 Å². The van der Waals surface area contributed by atoms with Gasteiger partial charge in [-0.1, -0.05) is 30.3 Å². The number of nitrogens with one attached hydrogen (secondary N) is 1. The smallest absolute Gasteiger partial charge is 0.259 e. The Kier molecular flexibility index (Phi) is 6.79. The van der Waals surface area contributed by atoms with Crippen LogP contribution in [0.1, 0.15) is 43.3 Å². The van der Waals surface area contributed by atoms with Crippen LogP contribution in [0.5, 0.6) is 0 Å². The maximum Gasteiger partial charge on any atom is 0.259 e. The van der Waals surface area contributed by atoms with Crippen LogP contribution in [0.4, 0.5) is 5.82 Å². The molecule has 3 aromatic rings. The molecule has 0 bridgehead atoms. The van der Waals surface area contributed by atoms with Crippen LogP contribution in [0.2, 0.25) is 0 Å². The molecule has 8 nitrogen and oxygen atoms in total. The van der Waals surface area contributed by atoms with Gasteiger partial charge in [0.25, 0.3) is 5.91 Å². The first kappa shape index (κ1) is 21.3. The minimum Gasteiger partial charge on any atom is -0.367 e. The highest BCUT2D eigenvalue weighted by molar-refractivity contribution is 5.94. The molecule has 0 aliphatic carbocycles. The normalized spacial score (nSPS) is 16.3. The molecule has 4 rings (SSSR count). The number of nitrogens with zero attached hydrogens (tertiary/aromatic N) is 5. The first-order valence-corrected chi connectivity index (χ1v) is 10.8. The van der Waals surface area contributed by atoms with Crippen LogP contribution in [0.15, 0.2) is 55.0 Å². The van der Waals surface area contributed by atoms with Crippen molar-refractivity contribution in [1.29, 1.82) is 0 Å². The van der Waals surface area contributed by atoms with E-state index in [-0.39, 0.29) is 11.9 Å². The number of piperidine rings is 1. The fraction of sp³-hybridized carbons (Fsp3) is 0.435. The summed E-state index contributed by atoms with van der Waals surface area (Å²) < 4.78 is 9.59. The summed E-state index contributed by atoms with van der Waals surface area (Å²) in [5.41, 5.74) is 0.826. The number of benzene rings is 1. The predicted octanol–water partition coefficient (Wildman–Crippen LogP) is 3.26. The number of carbonyl (C=O) groups excluding carboxylic acids is 1. The highest BCUT2D eigenvalue weighted by atomic mass is 16.5. The largest absolute Gasteiger partial charge is 0.367 e. The van der Waals surface area contributed by atoms with E-state index in [1.165, 1.54) is 0 Å². The van der Waals surface area contributed by atoms with Gasteiger partial charge in [-0.05, 0) is 25.3 Å². The highest BCUT2D eigenvalue weighted by Crippen LogP contribution is 2.27. The minimum absolute atomic E-state index is 0.195. The highest BCUT2D eigenvalue weighted by Gasteiger charge is 2.26. The first-order valence-electron chi connectivity index (χ1n) is 10.8. The average molecular weight is 423 g/mol. The van der Waals surface area contributed by atoms with E-state index >= 15 is 0 Å². The fourth-order valence-electron chi connectivity index (χ4n) is 4.22. The van der Waals surface area contributed by atoms with Crippen molar-refractivity contribution in [3.8, 4) is 0 Å². The molecule has 164 valence electrons. The number of imidazole rings is 1. The topological polar surface area (TPSA) is 77.2 Å². The summed E-state index contributed by atoms with van der Waals surface area (Å²) in [6.07, 6.45) is 6.93. The van der Waals surface area contributed by atoms with E-state index in [1.807, 2.05) is 53.5 Å². The molecule has 2 aromatic heterocycles. The third kappa shape index (κ3) is 4.86. The minimum atomic E-state index is -0.659. The number of ether oxygens (including phenoxy) is 1. The summed E-state index contributed by atoms with van der Waals surface area (Å²) in [6, 6.07) is 11.6. The number of hydrogen-bond acceptors (Lipinski definition) is 5. The van der Waals surface area contributed by atoms with Gasteiger partial charge in [-0.15, -0.1) is 0 Å². The van der Waals surface area contributed by atoms with Crippen molar-refractivity contribution in [3.05, 3.63) is 66.4 Å². The summed E-state index contributed by atoms with van der Waals surface area (Å²) in [7, 11) is 1.55. The molecular weight excluding hydrogens is 392 g/mol. The SMILES string of the molecule is CCn1ccnc1CN1CCC(n2nccc2NC(=O)C(OC)c2ccccc2)CC1. The van der Waals surface area contributed by atoms with Gasteiger partial charge in [-0.25, -0.2) is 9.67 Å². The van der Waals surface area contributed by atoms with E-state index in [4.69, 9.17) is 4.74 Å². The Morgan fingerprint density at radius 3 is 2.68 bits per heavy atom. The molecule has 31 heavy (non-hydrogen) atoms. The fourth-order valence-corrected chi connectivity index (χ4v) is 4.22. The van der Waals surface area contributed by atoms with Crippen molar-refractivity contribution < 1.29 is 9.53 Å². The van der Waals surface area contributed by atoms with E-state index in [0.717, 1.165) is 50.4 Å². The number of likely N-dealkylation sites (tertiary alicyclic amines) is 1. The Bertz CT molecular complexity index is 975. The number of amides is 1. The van der Waals surface area contributed by atoms with Gasteiger partial charge >= 0.3 is 0 Å². The molecular formula is C23H30N6O2. The molecule has 1 amide bonds. The third-order valence-corrected chi connectivity index (χ3v) is 5.91. The number of anilines is 1. The lowest BCUT2D eigenvalue weighted by molar-refractivity contribution is -0.126. The molecule has 0 radical (unpaired) electrons. The molecule has 1 atom stereocenters. The van der Waals surface area contributed by atoms with E-state index in [1.54, 1.807) is 13.3 Å². The summed E-state index contributed by atoms with van der Waals surface area (Å²) in [6.45, 7) is 5.88. The molecule has 1 fully saturated rings. The van der Waals surface area contributed by atoms with Gasteiger partial charge in [0.2, 0.25) is 0 Å². The summed E-state index contributed by atoms with van der Waals surface area (Å²) in [5, 5.41) is 7.51. The Morgan fingerprint density at radius 2 is 1.97 bits per heavy atom. The third-order valence-electron chi connectivity index (χ3n) is 5.91. The lowest BCUT2D eigenvalue weighted by Gasteiger charge is -2.32. The maximum atomic E-state index is 12.9. The van der Waals surface area contributed by atoms with Crippen LogP contribution in [-0.4, -0.2) is 50.3 Å². The molecule has 1 N–H and O–H groups in total. The summed E-state index contributed by atoms with van der Waals surface area (Å²) >= 11 is 0. The zero-order chi connectivity index (χ0) is 21.6. The quantitative estimate of drug-likeness (QED) is 0.603. The monoisotopic (exact) mass is 422 g/mol. The molecule has 1 aromatic carbocycles. The van der Waals surface area contributed by atoms with Gasteiger partial charge in [-0.2, -0.15) is 5.10 Å². The average Bonchev–Trinajstić information content (AvgIpc) is 3.45. The molecule has 3 heterocycles. The van der Waals surface area contributed by atoms with Crippen molar-refractivity contribution >= 4 is 11.7 Å². The number of hydrogen-bond donors (Lipinski definition) is 1. The Morgan fingerprint density at radius 1 is 1.19 bits per heavy atom. The lowest BCUT2D eigenvalue weighted by atomic mass is 10.1. The predicted molar refractivity (Wildman–Crippen MR) is 118 cm³/mol. The Hall–Kier alpha value is -2.97. The molecule has 1 aliphatic rings. The zero-order valence-electron chi connectivity index (χ0n) is 18.1. The number of methoxy groups -OCH3 is 1. The second-order valence-corrected chi connectivity index (χ2v) is 7.81. The number of aryl methyl sites for hydroxylation is 1. The van der Waals surface area contributed by atoms with Crippen LogP contribution < -0.4 is 5.32 Å². The molecule has 0 saturated carbocycles. The lowest BCUT2D eigenvalue weighted by Crippen LogP contribution is -2.35. The Labute approximate surface area is 182 Å². The Balaban J connectivity index is 1.37. The standard InChI is InChI=1S/C23H30N6O2/c1-3-28-16-13-24-21(28)17-27-14-10-19(11-15-27)29-20(9-12-25-29)26-23(30)22(31-2)18-7-5-4-6-8-18/h4-9,12-13,16,19,22H,3,10-11,14-15,17H2,1-2H3,(H,26,30). The molecule has 1 aliphatic heterocycles. The van der Waals surface area contributed by atoms with Gasteiger partial charge < -0.3 is 14.6 Å². The van der Waals surface area contributed by atoms with Crippen LogP contribution in [0.3, 0.4) is 0 Å². The maximum absolute atomic E-state index is 12.9. The van der Waals surface area contributed by atoms with Gasteiger partial charge in [0.1, 0.15) is 11.6 Å². The summed E-state index contributed by atoms with van der Waals surface area (Å²) in [4.78, 5) is 19.8. The van der Waals surface area contributed by atoms with Crippen molar-refractivity contribution in [2.75, 3.05) is 25.5 Å². The van der Waals surface area contributed by atoms with E-state index in [9.17, 15) is 4.79 Å². The van der Waals surface area contributed by atoms with E-state index in [2.05, 4.69) is 31.8 Å². The van der Waals surface area contributed by atoms with Gasteiger partial charge in [0.05, 0.1) is 18.8 Å². The van der Waals surface area contributed by atoms with E-state index in [0.29, 0.717) is 5.82 Å². The van der Waals surface area contributed by atoms with Crippen molar-refractivity contribution in [2.45, 2.75) is 45.0 Å². The number of aromatic nitrogens is 4. The van der Waals surface area contributed by atoms with Gasteiger partial charge in [-0.3, -0.25) is 9.69 Å². The van der Waals surface area contributed by atoms with Gasteiger partial charge in [0.15, 0.2) is 6.10 Å². The summed E-state index contributed by atoms with van der Waals surface area (Å²) in [5.74, 6) is 1.63. The van der Waals surface area contributed by atoms with Crippen LogP contribution in [0.25, 0.3) is 0 Å². The van der Waals surface area contributed by atoms with Crippen molar-refractivity contribution in [2.24, 2.45) is 0 Å². The van der Waals surface area contributed by atoms with Crippen molar-refractivity contribution in [1.82, 2.24) is 24.2 Å². The van der Waals surface area contributed by atoms with E-state index < -0.39 is 6.10 Å².